The first-order chi connectivity index (χ1) is 16.3. The van der Waals surface area contributed by atoms with Crippen LogP contribution in [0.15, 0.2) is 67.1 Å². The Labute approximate surface area is 196 Å². The van der Waals surface area contributed by atoms with Crippen LogP contribution in [0.1, 0.15) is 38.0 Å². The van der Waals surface area contributed by atoms with Crippen molar-refractivity contribution in [3.8, 4) is 0 Å². The van der Waals surface area contributed by atoms with Gasteiger partial charge in [-0.2, -0.15) is 4.31 Å². The van der Waals surface area contributed by atoms with Gasteiger partial charge in [0, 0.05) is 37.5 Å². The number of para-hydroxylation sites is 1. The van der Waals surface area contributed by atoms with Crippen LogP contribution >= 0.6 is 0 Å². The lowest BCUT2D eigenvalue weighted by atomic mass is 10.2. The number of sulfonamides is 1. The molecule has 178 valence electrons. The molecule has 0 aliphatic carbocycles. The minimum atomic E-state index is -3.62. The molecule has 0 radical (unpaired) electrons. The number of carbonyl (C=O) groups is 1. The Morgan fingerprint density at radius 1 is 1.06 bits per heavy atom. The number of fused-ring (bicyclic) bond motifs is 2. The summed E-state index contributed by atoms with van der Waals surface area (Å²) >= 11 is 0. The highest BCUT2D eigenvalue weighted by atomic mass is 32.2. The maximum Gasteiger partial charge on any atom is 0.419 e. The molecule has 5 rings (SSSR count). The van der Waals surface area contributed by atoms with Gasteiger partial charge in [-0.3, -0.25) is 9.36 Å². The minimum absolute atomic E-state index is 0.0485. The molecule has 1 N–H and O–H groups in total. The van der Waals surface area contributed by atoms with Gasteiger partial charge in [-0.25, -0.2) is 13.2 Å². The van der Waals surface area contributed by atoms with Crippen LogP contribution in [0, 0.1) is 0 Å². The summed E-state index contributed by atoms with van der Waals surface area (Å²) < 4.78 is 39.5. The van der Waals surface area contributed by atoms with E-state index in [1.165, 1.54) is 21.0 Å². The summed E-state index contributed by atoms with van der Waals surface area (Å²) in [5.41, 5.74) is 1.38. The number of amides is 1. The molecule has 0 bridgehead atoms. The first-order valence-electron chi connectivity index (χ1n) is 11.2. The van der Waals surface area contributed by atoms with Crippen LogP contribution in [0.2, 0.25) is 0 Å². The average molecular weight is 484 g/mol. The van der Waals surface area contributed by atoms with Crippen molar-refractivity contribution in [2.24, 2.45) is 0 Å². The summed E-state index contributed by atoms with van der Waals surface area (Å²) in [6, 6.07) is 13.6. The maximum absolute atomic E-state index is 12.8. The Morgan fingerprint density at radius 2 is 1.82 bits per heavy atom. The van der Waals surface area contributed by atoms with Crippen LogP contribution < -0.4 is 11.1 Å². The molecule has 9 nitrogen and oxygen atoms in total. The molecule has 3 heterocycles. The SMILES string of the molecule is C[C@H](NC(=O)CCn1c(=O)oc2cc(S(=O)(=O)N3CCCC3)ccc21)c1cc2ccccc2o1. The summed E-state index contributed by atoms with van der Waals surface area (Å²) in [5.74, 6) is -0.237. The molecule has 1 aliphatic heterocycles. The van der Waals surface area contributed by atoms with E-state index in [0.717, 1.165) is 23.8 Å². The first kappa shape index (κ1) is 22.4. The van der Waals surface area contributed by atoms with Crippen molar-refractivity contribution in [1.29, 1.82) is 0 Å². The molecule has 2 aromatic heterocycles. The van der Waals surface area contributed by atoms with Gasteiger partial charge in [-0.15, -0.1) is 0 Å². The third kappa shape index (κ3) is 4.14. The monoisotopic (exact) mass is 483 g/mol. The zero-order valence-corrected chi connectivity index (χ0v) is 19.5. The molecule has 4 aromatic rings. The smallest absolute Gasteiger partial charge is 0.419 e. The van der Waals surface area contributed by atoms with E-state index in [1.807, 2.05) is 37.3 Å². The van der Waals surface area contributed by atoms with E-state index in [-0.39, 0.29) is 35.4 Å². The molecule has 1 amide bonds. The molecule has 1 saturated heterocycles. The van der Waals surface area contributed by atoms with E-state index >= 15 is 0 Å². The van der Waals surface area contributed by atoms with Crippen LogP contribution in [0.25, 0.3) is 22.1 Å². The van der Waals surface area contributed by atoms with Crippen LogP contribution in [0.5, 0.6) is 0 Å². The molecule has 1 atom stereocenters. The molecule has 0 saturated carbocycles. The second-order valence-electron chi connectivity index (χ2n) is 8.49. The van der Waals surface area contributed by atoms with Crippen molar-refractivity contribution < 1.29 is 22.0 Å². The lowest BCUT2D eigenvalue weighted by Gasteiger charge is -2.15. The topological polar surface area (TPSA) is 115 Å². The Hall–Kier alpha value is -3.37. The second kappa shape index (κ2) is 8.77. The number of carbonyl (C=O) groups excluding carboxylic acids is 1. The van der Waals surface area contributed by atoms with Gasteiger partial charge in [-0.05, 0) is 44.0 Å². The number of nitrogens with zero attached hydrogens (tertiary/aromatic N) is 2. The number of benzene rings is 2. The Balaban J connectivity index is 1.28. The predicted molar refractivity (Wildman–Crippen MR) is 126 cm³/mol. The summed E-state index contributed by atoms with van der Waals surface area (Å²) in [7, 11) is -3.62. The van der Waals surface area contributed by atoms with Gasteiger partial charge in [0.2, 0.25) is 15.9 Å². The summed E-state index contributed by atoms with van der Waals surface area (Å²) in [5, 5.41) is 3.84. The average Bonchev–Trinajstić information content (AvgIpc) is 3.55. The van der Waals surface area contributed by atoms with Gasteiger partial charge in [0.1, 0.15) is 11.3 Å². The van der Waals surface area contributed by atoms with E-state index < -0.39 is 15.8 Å². The number of aryl methyl sites for hydroxylation is 1. The maximum atomic E-state index is 12.8. The number of aromatic nitrogens is 1. The van der Waals surface area contributed by atoms with E-state index in [1.54, 1.807) is 6.07 Å². The Kier molecular flexibility index (Phi) is 5.78. The van der Waals surface area contributed by atoms with Gasteiger partial charge in [0.05, 0.1) is 16.5 Å². The highest BCUT2D eigenvalue weighted by Crippen LogP contribution is 2.25. The Morgan fingerprint density at radius 3 is 2.59 bits per heavy atom. The molecule has 0 unspecified atom stereocenters. The van der Waals surface area contributed by atoms with E-state index in [9.17, 15) is 18.0 Å². The standard InChI is InChI=1S/C24H25N3O6S/c1-16(21-14-17-6-2-3-7-20(17)32-21)25-23(28)10-13-27-19-9-8-18(15-22(19)33-24(27)29)34(30,31)26-11-4-5-12-26/h2-3,6-9,14-16H,4-5,10-13H2,1H3,(H,25,28)/t16-/m0/s1. The molecule has 0 spiro atoms. The number of hydrogen-bond donors (Lipinski definition) is 1. The van der Waals surface area contributed by atoms with Crippen LogP contribution in [0.3, 0.4) is 0 Å². The van der Waals surface area contributed by atoms with Crippen molar-refractivity contribution in [1.82, 2.24) is 14.2 Å². The van der Waals surface area contributed by atoms with Crippen molar-refractivity contribution >= 4 is 38.0 Å². The predicted octanol–water partition coefficient (Wildman–Crippen LogP) is 3.39. The highest BCUT2D eigenvalue weighted by Gasteiger charge is 2.28. The molecule has 1 aliphatic rings. The third-order valence-electron chi connectivity index (χ3n) is 6.15. The number of nitrogens with one attached hydrogen (secondary N) is 1. The number of rotatable bonds is 7. The van der Waals surface area contributed by atoms with Crippen molar-refractivity contribution in [3.05, 3.63) is 64.8 Å². The fraction of sp³-hybridized carbons (Fsp3) is 0.333. The fourth-order valence-corrected chi connectivity index (χ4v) is 5.84. The number of furan rings is 1. The summed E-state index contributed by atoms with van der Waals surface area (Å²) in [6.07, 6.45) is 1.72. The fourth-order valence-electron chi connectivity index (χ4n) is 4.31. The summed E-state index contributed by atoms with van der Waals surface area (Å²) in [4.78, 5) is 25.0. The Bertz CT molecular complexity index is 1490. The molecular weight excluding hydrogens is 458 g/mol. The molecule has 10 heteroatoms. The van der Waals surface area contributed by atoms with E-state index in [2.05, 4.69) is 5.32 Å². The number of hydrogen-bond acceptors (Lipinski definition) is 6. The van der Waals surface area contributed by atoms with E-state index in [4.69, 9.17) is 8.83 Å². The third-order valence-corrected chi connectivity index (χ3v) is 8.05. The van der Waals surface area contributed by atoms with Gasteiger partial charge in [0.25, 0.3) is 0 Å². The van der Waals surface area contributed by atoms with Crippen LogP contribution in [-0.4, -0.2) is 36.3 Å². The molecule has 2 aromatic carbocycles. The highest BCUT2D eigenvalue weighted by molar-refractivity contribution is 7.89. The van der Waals surface area contributed by atoms with Gasteiger partial charge < -0.3 is 14.2 Å². The quantitative estimate of drug-likeness (QED) is 0.431. The normalized spacial score (nSPS) is 15.8. The largest absolute Gasteiger partial charge is 0.459 e. The lowest BCUT2D eigenvalue weighted by molar-refractivity contribution is -0.122. The van der Waals surface area contributed by atoms with Crippen molar-refractivity contribution in [2.75, 3.05) is 13.1 Å². The molecule has 1 fully saturated rings. The van der Waals surface area contributed by atoms with Crippen molar-refractivity contribution in [3.63, 3.8) is 0 Å². The van der Waals surface area contributed by atoms with Gasteiger partial charge in [0.15, 0.2) is 5.58 Å². The number of oxazole rings is 1. The van der Waals surface area contributed by atoms with Crippen LogP contribution in [-0.2, 0) is 21.4 Å². The summed E-state index contributed by atoms with van der Waals surface area (Å²) in [6.45, 7) is 2.92. The first-order valence-corrected chi connectivity index (χ1v) is 12.7. The zero-order valence-electron chi connectivity index (χ0n) is 18.7. The zero-order chi connectivity index (χ0) is 23.9. The van der Waals surface area contributed by atoms with Crippen molar-refractivity contribution in [2.45, 2.75) is 43.7 Å². The minimum Gasteiger partial charge on any atom is -0.459 e. The van der Waals surface area contributed by atoms with E-state index in [0.29, 0.717) is 24.4 Å². The molecule has 34 heavy (non-hydrogen) atoms. The van der Waals surface area contributed by atoms with Gasteiger partial charge >= 0.3 is 5.76 Å². The van der Waals surface area contributed by atoms with Gasteiger partial charge in [-0.1, -0.05) is 18.2 Å². The van der Waals surface area contributed by atoms with Crippen LogP contribution in [0.4, 0.5) is 0 Å². The molecular formula is C24H25N3O6S. The lowest BCUT2D eigenvalue weighted by Crippen LogP contribution is -2.28. The second-order valence-corrected chi connectivity index (χ2v) is 10.4.